The molecule has 8 heteroatoms. The van der Waals surface area contributed by atoms with E-state index in [2.05, 4.69) is 5.32 Å². The number of rotatable bonds is 11. The monoisotopic (exact) mass is 498 g/mol. The molecule has 186 valence electrons. The summed E-state index contributed by atoms with van der Waals surface area (Å²) >= 11 is 0. The molecule has 0 saturated heterocycles. The number of hydrogen-bond donors (Lipinski definition) is 1. The number of benzene rings is 3. The fraction of sp³-hybridized carbons (Fsp3) is 0.296. The van der Waals surface area contributed by atoms with Crippen LogP contribution < -0.4 is 14.4 Å². The van der Waals surface area contributed by atoms with Crippen LogP contribution in [-0.2, 0) is 29.4 Å². The van der Waals surface area contributed by atoms with E-state index in [1.807, 2.05) is 32.0 Å². The zero-order valence-corrected chi connectivity index (χ0v) is 21.1. The van der Waals surface area contributed by atoms with Crippen LogP contribution in [0.1, 0.15) is 40.9 Å². The average molecular weight is 499 g/mol. The molecule has 0 spiro atoms. The average Bonchev–Trinajstić information content (AvgIpc) is 2.85. The summed E-state index contributed by atoms with van der Waals surface area (Å²) in [5, 5.41) is 2.78. The number of para-hydroxylation sites is 1. The van der Waals surface area contributed by atoms with E-state index in [0.717, 1.165) is 35.2 Å². The molecule has 0 heterocycles. The van der Waals surface area contributed by atoms with Gasteiger partial charge in [-0.3, -0.25) is 9.10 Å². The number of carbonyl (C=O) groups excluding carboxylic acids is 1. The van der Waals surface area contributed by atoms with E-state index in [1.165, 1.54) is 34.8 Å². The summed E-state index contributed by atoms with van der Waals surface area (Å²) in [5.74, 6) is -0.0748. The van der Waals surface area contributed by atoms with E-state index < -0.39 is 10.0 Å². The Labute approximate surface area is 206 Å². The van der Waals surface area contributed by atoms with E-state index in [-0.39, 0.29) is 31.4 Å². The van der Waals surface area contributed by atoms with Gasteiger partial charge >= 0.3 is 0 Å². The maximum Gasteiger partial charge on any atom is 0.251 e. The van der Waals surface area contributed by atoms with Crippen LogP contribution in [0.4, 0.5) is 10.1 Å². The van der Waals surface area contributed by atoms with Crippen molar-refractivity contribution in [3.63, 3.8) is 0 Å². The summed E-state index contributed by atoms with van der Waals surface area (Å²) in [6.45, 7) is 4.73. The van der Waals surface area contributed by atoms with Crippen molar-refractivity contribution in [2.24, 2.45) is 0 Å². The molecule has 1 N–H and O–H groups in total. The first kappa shape index (κ1) is 26.2. The van der Waals surface area contributed by atoms with Gasteiger partial charge in [0, 0.05) is 5.56 Å². The summed E-state index contributed by atoms with van der Waals surface area (Å²) in [6.07, 6.45) is 2.66. The third-order valence-corrected chi connectivity index (χ3v) is 6.74. The number of amides is 1. The lowest BCUT2D eigenvalue weighted by molar-refractivity contribution is 0.0947. The SMILES string of the molecule is CCc1cccc(CC)c1N(Cc1ccc(C(=O)NCCOc2ccc(F)cc2)cc1)S(C)(=O)=O. The smallest absolute Gasteiger partial charge is 0.251 e. The molecule has 3 rings (SSSR count). The van der Waals surface area contributed by atoms with Gasteiger partial charge in [0.25, 0.3) is 5.91 Å². The maximum absolute atomic E-state index is 12.9. The third kappa shape index (κ3) is 7.05. The fourth-order valence-corrected chi connectivity index (χ4v) is 4.74. The number of ether oxygens (including phenoxy) is 1. The summed E-state index contributed by atoms with van der Waals surface area (Å²) < 4.78 is 45.4. The van der Waals surface area contributed by atoms with Gasteiger partial charge in [-0.2, -0.15) is 0 Å². The third-order valence-electron chi connectivity index (χ3n) is 5.63. The van der Waals surface area contributed by atoms with E-state index in [4.69, 9.17) is 4.74 Å². The minimum absolute atomic E-state index is 0.177. The molecule has 0 bridgehead atoms. The number of hydrogen-bond acceptors (Lipinski definition) is 4. The molecule has 0 saturated carbocycles. The molecule has 0 fully saturated rings. The van der Waals surface area contributed by atoms with Crippen molar-refractivity contribution in [1.29, 1.82) is 0 Å². The van der Waals surface area contributed by atoms with E-state index in [1.54, 1.807) is 24.3 Å². The Hall–Kier alpha value is -3.39. The number of nitrogens with one attached hydrogen (secondary N) is 1. The Morgan fingerprint density at radius 2 is 1.54 bits per heavy atom. The Kier molecular flexibility index (Phi) is 8.87. The first-order valence-corrected chi connectivity index (χ1v) is 13.4. The molecule has 0 aliphatic carbocycles. The number of aryl methyl sites for hydroxylation is 2. The van der Waals surface area contributed by atoms with Crippen molar-refractivity contribution in [2.45, 2.75) is 33.2 Å². The number of halogens is 1. The Bertz CT molecular complexity index is 1220. The molecular weight excluding hydrogens is 467 g/mol. The first-order valence-electron chi connectivity index (χ1n) is 11.6. The second-order valence-corrected chi connectivity index (χ2v) is 10.1. The van der Waals surface area contributed by atoms with Crippen LogP contribution in [-0.4, -0.2) is 33.7 Å². The first-order chi connectivity index (χ1) is 16.7. The molecule has 0 unspecified atom stereocenters. The van der Waals surface area contributed by atoms with E-state index in [9.17, 15) is 17.6 Å². The lowest BCUT2D eigenvalue weighted by Gasteiger charge is -2.27. The van der Waals surface area contributed by atoms with Gasteiger partial charge in [0.2, 0.25) is 10.0 Å². The molecule has 0 aliphatic rings. The highest BCUT2D eigenvalue weighted by molar-refractivity contribution is 7.92. The highest BCUT2D eigenvalue weighted by Crippen LogP contribution is 2.30. The molecule has 3 aromatic rings. The zero-order chi connectivity index (χ0) is 25.4. The fourth-order valence-electron chi connectivity index (χ4n) is 3.79. The van der Waals surface area contributed by atoms with Gasteiger partial charge in [-0.15, -0.1) is 0 Å². The predicted octanol–water partition coefficient (Wildman–Crippen LogP) is 4.73. The van der Waals surface area contributed by atoms with Crippen LogP contribution in [0.3, 0.4) is 0 Å². The molecule has 6 nitrogen and oxygen atoms in total. The molecule has 0 atom stereocenters. The number of anilines is 1. The van der Waals surface area contributed by atoms with Crippen molar-refractivity contribution in [2.75, 3.05) is 23.7 Å². The van der Waals surface area contributed by atoms with Gasteiger partial charge in [0.05, 0.1) is 25.0 Å². The second kappa shape index (κ2) is 11.8. The quantitative estimate of drug-likeness (QED) is 0.388. The lowest BCUT2D eigenvalue weighted by Crippen LogP contribution is -2.31. The summed E-state index contributed by atoms with van der Waals surface area (Å²) in [6, 6.07) is 18.4. The summed E-state index contributed by atoms with van der Waals surface area (Å²) in [5.41, 5.74) is 3.94. The van der Waals surface area contributed by atoms with Crippen molar-refractivity contribution >= 4 is 21.6 Å². The normalized spacial score (nSPS) is 11.2. The van der Waals surface area contributed by atoms with Crippen molar-refractivity contribution < 1.29 is 22.3 Å². The van der Waals surface area contributed by atoms with Crippen molar-refractivity contribution in [1.82, 2.24) is 5.32 Å². The van der Waals surface area contributed by atoms with Gasteiger partial charge in [-0.05, 0) is 65.9 Å². The van der Waals surface area contributed by atoms with E-state index in [0.29, 0.717) is 11.3 Å². The second-order valence-electron chi connectivity index (χ2n) is 8.16. The standard InChI is InChI=1S/C27H31FN2O4S/c1-4-21-7-6-8-22(5-2)26(21)30(35(3,32)33)19-20-9-11-23(12-10-20)27(31)29-17-18-34-25-15-13-24(28)14-16-25/h6-16H,4-5,17-19H2,1-3H3,(H,29,31). The zero-order valence-electron chi connectivity index (χ0n) is 20.3. The highest BCUT2D eigenvalue weighted by atomic mass is 32.2. The predicted molar refractivity (Wildman–Crippen MR) is 137 cm³/mol. The van der Waals surface area contributed by atoms with Gasteiger partial charge in [0.1, 0.15) is 18.2 Å². The van der Waals surface area contributed by atoms with Crippen LogP contribution in [0, 0.1) is 5.82 Å². The van der Waals surface area contributed by atoms with Crippen LogP contribution >= 0.6 is 0 Å². The minimum atomic E-state index is -3.53. The largest absolute Gasteiger partial charge is 0.492 e. The molecule has 0 radical (unpaired) electrons. The Morgan fingerprint density at radius 3 is 2.09 bits per heavy atom. The van der Waals surface area contributed by atoms with Crippen LogP contribution in [0.25, 0.3) is 0 Å². The number of sulfonamides is 1. The lowest BCUT2D eigenvalue weighted by atomic mass is 10.0. The summed E-state index contributed by atoms with van der Waals surface area (Å²) in [4.78, 5) is 12.5. The van der Waals surface area contributed by atoms with Gasteiger partial charge in [-0.25, -0.2) is 12.8 Å². The molecular formula is C27H31FN2O4S. The topological polar surface area (TPSA) is 75.7 Å². The minimum Gasteiger partial charge on any atom is -0.492 e. The molecule has 3 aromatic carbocycles. The van der Waals surface area contributed by atoms with Crippen LogP contribution in [0.15, 0.2) is 66.7 Å². The molecule has 35 heavy (non-hydrogen) atoms. The summed E-state index contributed by atoms with van der Waals surface area (Å²) in [7, 11) is -3.53. The van der Waals surface area contributed by atoms with Gasteiger partial charge < -0.3 is 10.1 Å². The van der Waals surface area contributed by atoms with Crippen molar-refractivity contribution in [3.05, 3.63) is 94.8 Å². The van der Waals surface area contributed by atoms with Crippen molar-refractivity contribution in [3.8, 4) is 5.75 Å². The van der Waals surface area contributed by atoms with Crippen LogP contribution in [0.2, 0.25) is 0 Å². The molecule has 0 aliphatic heterocycles. The Morgan fingerprint density at radius 1 is 0.943 bits per heavy atom. The number of carbonyl (C=O) groups is 1. The number of nitrogens with zero attached hydrogens (tertiary/aromatic N) is 1. The van der Waals surface area contributed by atoms with Gasteiger partial charge in [-0.1, -0.05) is 44.2 Å². The van der Waals surface area contributed by atoms with Gasteiger partial charge in [0.15, 0.2) is 0 Å². The Balaban J connectivity index is 1.66. The van der Waals surface area contributed by atoms with E-state index >= 15 is 0 Å². The molecule has 0 aromatic heterocycles. The highest BCUT2D eigenvalue weighted by Gasteiger charge is 2.23. The maximum atomic E-state index is 12.9. The molecule has 1 amide bonds. The van der Waals surface area contributed by atoms with Crippen LogP contribution in [0.5, 0.6) is 5.75 Å².